The lowest BCUT2D eigenvalue weighted by molar-refractivity contribution is -0.141. The summed E-state index contributed by atoms with van der Waals surface area (Å²) < 4.78 is 52.3. The lowest BCUT2D eigenvalue weighted by Gasteiger charge is -2.25. The van der Waals surface area contributed by atoms with Crippen LogP contribution in [-0.2, 0) is 28.9 Å². The van der Waals surface area contributed by atoms with Crippen molar-refractivity contribution in [1.82, 2.24) is 4.98 Å². The number of hydrogen-bond donors (Lipinski definition) is 1. The predicted molar refractivity (Wildman–Crippen MR) is 118 cm³/mol. The van der Waals surface area contributed by atoms with Gasteiger partial charge >= 0.3 is 6.18 Å². The number of alkyl halides is 3. The number of nitrogens with zero attached hydrogens (tertiary/aromatic N) is 2. The number of amides is 1. The van der Waals surface area contributed by atoms with E-state index >= 15 is 0 Å². The maximum Gasteiger partial charge on any atom is 0.433 e. The average molecular weight is 482 g/mol. The SMILES string of the molecule is C[S+]([O-])N(Cc1ccccc1Cl)c1ccc(C(C(N)=O)c2ccc(C(F)(F)F)nc2)cc1. The molecule has 0 bridgehead atoms. The molecule has 32 heavy (non-hydrogen) atoms. The van der Waals surface area contributed by atoms with E-state index in [2.05, 4.69) is 4.98 Å². The number of carbonyl (C=O) groups is 1. The first-order chi connectivity index (χ1) is 15.1. The highest BCUT2D eigenvalue weighted by Crippen LogP contribution is 2.31. The van der Waals surface area contributed by atoms with Gasteiger partial charge in [0.25, 0.3) is 0 Å². The number of nitrogens with two attached hydrogens (primary N) is 1. The third-order valence-electron chi connectivity index (χ3n) is 4.79. The van der Waals surface area contributed by atoms with Gasteiger partial charge in [-0.3, -0.25) is 9.78 Å². The van der Waals surface area contributed by atoms with Crippen LogP contribution in [0.3, 0.4) is 0 Å². The molecule has 168 valence electrons. The zero-order valence-corrected chi connectivity index (χ0v) is 18.4. The quantitative estimate of drug-likeness (QED) is 0.497. The van der Waals surface area contributed by atoms with Crippen LogP contribution in [0.2, 0.25) is 5.02 Å². The molecule has 2 N–H and O–H groups in total. The van der Waals surface area contributed by atoms with E-state index in [1.165, 1.54) is 12.3 Å². The normalized spacial score (nSPS) is 13.4. The molecule has 1 aromatic heterocycles. The highest BCUT2D eigenvalue weighted by molar-refractivity contribution is 7.92. The van der Waals surface area contributed by atoms with Crippen LogP contribution >= 0.6 is 11.6 Å². The summed E-state index contributed by atoms with van der Waals surface area (Å²) in [7, 11) is 0. The van der Waals surface area contributed by atoms with Gasteiger partial charge in [0.05, 0.1) is 29.5 Å². The van der Waals surface area contributed by atoms with Gasteiger partial charge in [0.15, 0.2) is 0 Å². The summed E-state index contributed by atoms with van der Waals surface area (Å²) in [6.45, 7) is 0.296. The average Bonchev–Trinajstić information content (AvgIpc) is 2.73. The third-order valence-corrected chi connectivity index (χ3v) is 6.12. The molecule has 0 aliphatic carbocycles. The van der Waals surface area contributed by atoms with Crippen LogP contribution in [0, 0.1) is 0 Å². The zero-order chi connectivity index (χ0) is 23.5. The fourth-order valence-corrected chi connectivity index (χ4v) is 4.14. The van der Waals surface area contributed by atoms with Gasteiger partial charge in [-0.2, -0.15) is 17.5 Å². The number of primary amides is 1. The molecule has 5 nitrogen and oxygen atoms in total. The Morgan fingerprint density at radius 3 is 2.25 bits per heavy atom. The minimum Gasteiger partial charge on any atom is -0.593 e. The number of halogens is 4. The van der Waals surface area contributed by atoms with E-state index in [9.17, 15) is 22.5 Å². The second kappa shape index (κ2) is 9.81. The van der Waals surface area contributed by atoms with Gasteiger partial charge in [-0.25, -0.2) is 0 Å². The smallest absolute Gasteiger partial charge is 0.433 e. The molecule has 2 unspecified atom stereocenters. The first-order valence-corrected chi connectivity index (χ1v) is 11.2. The molecule has 0 saturated carbocycles. The Balaban J connectivity index is 1.88. The van der Waals surface area contributed by atoms with Gasteiger partial charge in [0, 0.05) is 11.2 Å². The lowest BCUT2D eigenvalue weighted by Crippen LogP contribution is -2.29. The summed E-state index contributed by atoms with van der Waals surface area (Å²) in [4.78, 5) is 15.5. The second-order valence-electron chi connectivity index (χ2n) is 6.95. The summed E-state index contributed by atoms with van der Waals surface area (Å²) in [6.07, 6.45) is -2.05. The Bertz CT molecular complexity index is 1080. The van der Waals surface area contributed by atoms with Crippen LogP contribution in [0.15, 0.2) is 66.9 Å². The molecule has 0 radical (unpaired) electrons. The van der Waals surface area contributed by atoms with E-state index < -0.39 is 35.1 Å². The molecule has 0 saturated heterocycles. The molecular formula is C22H19ClF3N3O2S. The largest absolute Gasteiger partial charge is 0.593 e. The van der Waals surface area contributed by atoms with Crippen LogP contribution in [-0.4, -0.2) is 21.7 Å². The van der Waals surface area contributed by atoms with Crippen molar-refractivity contribution in [2.75, 3.05) is 10.6 Å². The van der Waals surface area contributed by atoms with E-state index in [0.717, 1.165) is 17.8 Å². The van der Waals surface area contributed by atoms with E-state index in [1.54, 1.807) is 40.7 Å². The number of rotatable bonds is 7. The van der Waals surface area contributed by atoms with Gasteiger partial charge in [-0.05, 0) is 41.0 Å². The molecule has 1 amide bonds. The van der Waals surface area contributed by atoms with Gasteiger partial charge in [0.1, 0.15) is 11.9 Å². The van der Waals surface area contributed by atoms with Gasteiger partial charge in [-0.1, -0.05) is 48.0 Å². The minimum absolute atomic E-state index is 0.241. The van der Waals surface area contributed by atoms with Crippen LogP contribution in [0.4, 0.5) is 18.9 Å². The van der Waals surface area contributed by atoms with Crippen LogP contribution in [0.1, 0.15) is 28.3 Å². The topological polar surface area (TPSA) is 82.3 Å². The van der Waals surface area contributed by atoms with Crippen LogP contribution < -0.4 is 10.0 Å². The fraction of sp³-hybridized carbons (Fsp3) is 0.182. The predicted octanol–water partition coefficient (Wildman–Crippen LogP) is 4.67. The van der Waals surface area contributed by atoms with Gasteiger partial charge in [0.2, 0.25) is 5.91 Å². The van der Waals surface area contributed by atoms with Crippen molar-refractivity contribution in [2.24, 2.45) is 5.73 Å². The molecular weight excluding hydrogens is 463 g/mol. The summed E-state index contributed by atoms with van der Waals surface area (Å²) in [5.74, 6) is -1.71. The highest BCUT2D eigenvalue weighted by atomic mass is 35.5. The number of benzene rings is 2. The van der Waals surface area contributed by atoms with Crippen LogP contribution in [0.25, 0.3) is 0 Å². The monoisotopic (exact) mass is 481 g/mol. The van der Waals surface area contributed by atoms with E-state index in [1.807, 2.05) is 12.1 Å². The Hall–Kier alpha value is -2.75. The zero-order valence-electron chi connectivity index (χ0n) is 16.8. The summed E-state index contributed by atoms with van der Waals surface area (Å²) in [5.41, 5.74) is 6.59. The Morgan fingerprint density at radius 2 is 1.75 bits per heavy atom. The van der Waals surface area contributed by atoms with Crippen molar-refractivity contribution in [2.45, 2.75) is 18.6 Å². The van der Waals surface area contributed by atoms with Crippen molar-refractivity contribution >= 4 is 34.6 Å². The Morgan fingerprint density at radius 1 is 1.12 bits per heavy atom. The maximum atomic E-state index is 12.8. The van der Waals surface area contributed by atoms with Gasteiger partial charge in [-0.15, -0.1) is 0 Å². The molecule has 1 heterocycles. The van der Waals surface area contributed by atoms with Crippen LogP contribution in [0.5, 0.6) is 0 Å². The molecule has 0 aliphatic rings. The molecule has 10 heteroatoms. The van der Waals surface area contributed by atoms with Crippen molar-refractivity contribution < 1.29 is 22.5 Å². The minimum atomic E-state index is -4.58. The second-order valence-corrected chi connectivity index (χ2v) is 8.65. The molecule has 2 atom stereocenters. The summed E-state index contributed by atoms with van der Waals surface area (Å²) in [5, 5.41) is 0.545. The standard InChI is InChI=1S/C22H19ClF3N3O2S/c1-32(31)29(13-16-4-2-3-5-18(16)23)17-9-6-14(7-10-17)20(21(27)30)15-8-11-19(28-12-15)22(24,25)26/h2-12,20H,13H2,1H3,(H2,27,30). The maximum absolute atomic E-state index is 12.8. The Labute approximate surface area is 191 Å². The molecule has 3 aromatic rings. The lowest BCUT2D eigenvalue weighted by atomic mass is 9.91. The van der Waals surface area contributed by atoms with Crippen molar-refractivity contribution in [3.05, 3.63) is 94.3 Å². The molecule has 0 fully saturated rings. The van der Waals surface area contributed by atoms with Crippen molar-refractivity contribution in [3.63, 3.8) is 0 Å². The number of pyridine rings is 1. The molecule has 2 aromatic carbocycles. The number of hydrogen-bond acceptors (Lipinski definition) is 4. The fourth-order valence-electron chi connectivity index (χ4n) is 3.21. The Kier molecular flexibility index (Phi) is 7.33. The summed E-state index contributed by atoms with van der Waals surface area (Å²) >= 11 is 4.85. The summed E-state index contributed by atoms with van der Waals surface area (Å²) in [6, 6.07) is 15.8. The highest BCUT2D eigenvalue weighted by Gasteiger charge is 2.33. The van der Waals surface area contributed by atoms with E-state index in [0.29, 0.717) is 22.8 Å². The molecule has 0 aliphatic heterocycles. The number of anilines is 1. The van der Waals surface area contributed by atoms with Crippen molar-refractivity contribution in [1.29, 1.82) is 0 Å². The molecule has 3 rings (SSSR count). The molecule has 0 spiro atoms. The first kappa shape index (κ1) is 23.9. The number of carbonyl (C=O) groups excluding carboxylic acids is 1. The van der Waals surface area contributed by atoms with Gasteiger partial charge < -0.3 is 10.3 Å². The van der Waals surface area contributed by atoms with Crippen molar-refractivity contribution in [3.8, 4) is 0 Å². The first-order valence-electron chi connectivity index (χ1n) is 9.35. The van der Waals surface area contributed by atoms with E-state index in [-0.39, 0.29) is 5.56 Å². The number of aromatic nitrogens is 1. The van der Waals surface area contributed by atoms with E-state index in [4.69, 9.17) is 17.3 Å². The third kappa shape index (κ3) is 5.53.